The summed E-state index contributed by atoms with van der Waals surface area (Å²) >= 11 is 5.92. The molecular formula is C25H25Cl2N3O2. The number of aromatic nitrogens is 2. The average molecular weight is 470 g/mol. The number of fused-ring (bicyclic) bond motifs is 3. The number of rotatable bonds is 4. The molecule has 1 aliphatic rings. The zero-order valence-electron chi connectivity index (χ0n) is 18.0. The fourth-order valence-corrected chi connectivity index (χ4v) is 4.46. The summed E-state index contributed by atoms with van der Waals surface area (Å²) in [4.78, 5) is 15.1. The van der Waals surface area contributed by atoms with Crippen LogP contribution in [0.3, 0.4) is 0 Å². The van der Waals surface area contributed by atoms with Crippen LogP contribution in [-0.2, 0) is 26.6 Å². The number of hydrogen-bond acceptors (Lipinski definition) is 3. The van der Waals surface area contributed by atoms with Crippen LogP contribution in [0.25, 0.3) is 16.6 Å². The van der Waals surface area contributed by atoms with Crippen LogP contribution in [0.4, 0.5) is 0 Å². The molecular weight excluding hydrogens is 445 g/mol. The largest absolute Gasteiger partial charge is 0.489 e. The highest BCUT2D eigenvalue weighted by molar-refractivity contribution is 6.30. The van der Waals surface area contributed by atoms with Gasteiger partial charge in [0.1, 0.15) is 12.4 Å². The Kier molecular flexibility index (Phi) is 6.33. The van der Waals surface area contributed by atoms with Gasteiger partial charge in [0.25, 0.3) is 5.56 Å². The second-order valence-corrected chi connectivity index (χ2v) is 8.60. The number of aryl methyl sites for hydroxylation is 1. The molecule has 7 heteroatoms. The Balaban J connectivity index is 0.00000245. The van der Waals surface area contributed by atoms with Gasteiger partial charge in [-0.2, -0.15) is 0 Å². The van der Waals surface area contributed by atoms with E-state index in [1.165, 1.54) is 22.7 Å². The van der Waals surface area contributed by atoms with Gasteiger partial charge in [-0.1, -0.05) is 29.8 Å². The van der Waals surface area contributed by atoms with Crippen molar-refractivity contribution in [2.24, 2.45) is 7.05 Å². The van der Waals surface area contributed by atoms with E-state index in [0.29, 0.717) is 17.4 Å². The lowest BCUT2D eigenvalue weighted by molar-refractivity contribution is 0.305. The standard InChI is InChI=1S/C25H24ClN3O2.ClH/c1-27-11-10-22-21-8-7-19(13-23(21)28(2)24(22)15-27)29-12-9-20(14-25(29)30)31-16-17-3-5-18(26)6-4-17;/h3-9,12-14H,10-11,15-16H2,1-2H3;1H. The Labute approximate surface area is 198 Å². The predicted octanol–water partition coefficient (Wildman–Crippen LogP) is 4.97. The van der Waals surface area contributed by atoms with Gasteiger partial charge >= 0.3 is 0 Å². The summed E-state index contributed by atoms with van der Waals surface area (Å²) < 4.78 is 9.71. The molecule has 0 saturated heterocycles. The summed E-state index contributed by atoms with van der Waals surface area (Å²) in [6.45, 7) is 2.41. The molecule has 166 valence electrons. The van der Waals surface area contributed by atoms with Crippen molar-refractivity contribution in [1.82, 2.24) is 14.0 Å². The number of likely N-dealkylation sites (N-methyl/N-ethyl adjacent to an activating group) is 1. The topological polar surface area (TPSA) is 39.4 Å². The highest BCUT2D eigenvalue weighted by Crippen LogP contribution is 2.31. The minimum atomic E-state index is -0.119. The Morgan fingerprint density at radius 2 is 1.81 bits per heavy atom. The van der Waals surface area contributed by atoms with E-state index in [2.05, 4.69) is 35.7 Å². The first-order valence-electron chi connectivity index (χ1n) is 10.4. The van der Waals surface area contributed by atoms with Crippen molar-refractivity contribution in [3.05, 3.63) is 93.0 Å². The first-order chi connectivity index (χ1) is 15.0. The lowest BCUT2D eigenvalue weighted by Gasteiger charge is -2.23. The highest BCUT2D eigenvalue weighted by atomic mass is 35.5. The molecule has 0 unspecified atom stereocenters. The second-order valence-electron chi connectivity index (χ2n) is 8.16. The number of nitrogens with zero attached hydrogens (tertiary/aromatic N) is 3. The van der Waals surface area contributed by atoms with Gasteiger partial charge in [0.2, 0.25) is 0 Å². The molecule has 0 amide bonds. The molecule has 0 N–H and O–H groups in total. The predicted molar refractivity (Wildman–Crippen MR) is 132 cm³/mol. The Morgan fingerprint density at radius 1 is 1.03 bits per heavy atom. The molecule has 0 aliphatic carbocycles. The number of ether oxygens (including phenoxy) is 1. The number of hydrogen-bond donors (Lipinski definition) is 0. The minimum Gasteiger partial charge on any atom is -0.489 e. The molecule has 0 saturated carbocycles. The summed E-state index contributed by atoms with van der Waals surface area (Å²) in [5, 5.41) is 1.97. The Bertz CT molecular complexity index is 1330. The van der Waals surface area contributed by atoms with Crippen LogP contribution >= 0.6 is 24.0 Å². The lowest BCUT2D eigenvalue weighted by atomic mass is 10.0. The zero-order valence-corrected chi connectivity index (χ0v) is 19.6. The number of pyridine rings is 1. The molecule has 1 aliphatic heterocycles. The van der Waals surface area contributed by atoms with Crippen molar-refractivity contribution < 1.29 is 4.74 Å². The van der Waals surface area contributed by atoms with Gasteiger partial charge in [-0.15, -0.1) is 12.4 Å². The minimum absolute atomic E-state index is 0. The zero-order chi connectivity index (χ0) is 21.5. The van der Waals surface area contributed by atoms with Crippen LogP contribution in [-0.4, -0.2) is 27.6 Å². The van der Waals surface area contributed by atoms with Gasteiger partial charge in [-0.05, 0) is 54.9 Å². The number of benzene rings is 2. The van der Waals surface area contributed by atoms with Gasteiger partial charge in [-0.25, -0.2) is 0 Å². The number of halogens is 2. The first-order valence-corrected chi connectivity index (χ1v) is 10.8. The third kappa shape index (κ3) is 4.16. The molecule has 0 spiro atoms. The van der Waals surface area contributed by atoms with Crippen LogP contribution in [0.5, 0.6) is 5.75 Å². The van der Waals surface area contributed by atoms with Crippen LogP contribution in [0.1, 0.15) is 16.8 Å². The van der Waals surface area contributed by atoms with E-state index in [9.17, 15) is 4.79 Å². The van der Waals surface area contributed by atoms with Crippen LogP contribution in [0, 0.1) is 0 Å². The molecule has 32 heavy (non-hydrogen) atoms. The third-order valence-corrected chi connectivity index (χ3v) is 6.32. The van der Waals surface area contributed by atoms with E-state index in [1.54, 1.807) is 10.8 Å². The maximum absolute atomic E-state index is 12.8. The van der Waals surface area contributed by atoms with E-state index < -0.39 is 0 Å². The van der Waals surface area contributed by atoms with E-state index in [0.717, 1.165) is 36.3 Å². The van der Waals surface area contributed by atoms with E-state index in [-0.39, 0.29) is 18.0 Å². The van der Waals surface area contributed by atoms with Crippen molar-refractivity contribution in [3.63, 3.8) is 0 Å². The van der Waals surface area contributed by atoms with E-state index in [4.69, 9.17) is 16.3 Å². The molecule has 5 rings (SSSR count). The van der Waals surface area contributed by atoms with E-state index >= 15 is 0 Å². The third-order valence-electron chi connectivity index (χ3n) is 6.07. The summed E-state index contributed by atoms with van der Waals surface area (Å²) in [6, 6.07) is 17.1. The summed E-state index contributed by atoms with van der Waals surface area (Å²) in [7, 11) is 4.27. The average Bonchev–Trinajstić information content (AvgIpc) is 3.04. The van der Waals surface area contributed by atoms with Crippen molar-refractivity contribution in [3.8, 4) is 11.4 Å². The molecule has 5 nitrogen and oxygen atoms in total. The SMILES string of the molecule is CN1CCc2c(n(C)c3cc(-n4ccc(OCc5ccc(Cl)cc5)cc4=O)ccc23)C1.Cl. The highest BCUT2D eigenvalue weighted by Gasteiger charge is 2.21. The van der Waals surface area contributed by atoms with Crippen LogP contribution in [0.2, 0.25) is 5.02 Å². The molecule has 0 fully saturated rings. The van der Waals surface area contributed by atoms with Gasteiger partial charge in [0.15, 0.2) is 0 Å². The van der Waals surface area contributed by atoms with Gasteiger partial charge in [-0.3, -0.25) is 9.36 Å². The maximum atomic E-state index is 12.8. The maximum Gasteiger partial charge on any atom is 0.258 e. The van der Waals surface area contributed by atoms with E-state index in [1.807, 2.05) is 36.4 Å². The van der Waals surface area contributed by atoms with Crippen molar-refractivity contribution in [1.29, 1.82) is 0 Å². The smallest absolute Gasteiger partial charge is 0.258 e. The molecule has 2 aromatic heterocycles. The first kappa shape index (κ1) is 22.5. The summed E-state index contributed by atoms with van der Waals surface area (Å²) in [6.07, 6.45) is 2.83. The molecule has 0 radical (unpaired) electrons. The summed E-state index contributed by atoms with van der Waals surface area (Å²) in [5.74, 6) is 0.551. The fraction of sp³-hybridized carbons (Fsp3) is 0.240. The molecule has 0 bridgehead atoms. The second kappa shape index (κ2) is 9.02. The molecule has 4 aromatic rings. The summed E-state index contributed by atoms with van der Waals surface area (Å²) in [5.41, 5.74) is 5.68. The lowest BCUT2D eigenvalue weighted by Crippen LogP contribution is -2.27. The molecule has 3 heterocycles. The van der Waals surface area contributed by atoms with Crippen molar-refractivity contribution in [2.75, 3.05) is 13.6 Å². The van der Waals surface area contributed by atoms with Gasteiger partial charge in [0, 0.05) is 48.5 Å². The van der Waals surface area contributed by atoms with Crippen molar-refractivity contribution >= 4 is 34.9 Å². The van der Waals surface area contributed by atoms with Crippen LogP contribution in [0.15, 0.2) is 65.6 Å². The Hall–Kier alpha value is -2.73. The monoisotopic (exact) mass is 469 g/mol. The van der Waals surface area contributed by atoms with Gasteiger partial charge < -0.3 is 14.2 Å². The van der Waals surface area contributed by atoms with Crippen molar-refractivity contribution in [2.45, 2.75) is 19.6 Å². The molecule has 2 aromatic carbocycles. The fourth-order valence-electron chi connectivity index (χ4n) is 4.33. The van der Waals surface area contributed by atoms with Gasteiger partial charge in [0.05, 0.1) is 11.2 Å². The quantitative estimate of drug-likeness (QED) is 0.423. The normalized spacial score (nSPS) is 13.6. The Morgan fingerprint density at radius 3 is 2.56 bits per heavy atom. The molecule has 0 atom stereocenters. The van der Waals surface area contributed by atoms with Crippen LogP contribution < -0.4 is 10.3 Å².